The molecule has 1 heterocycles. The van der Waals surface area contributed by atoms with Crippen LogP contribution >= 0.6 is 11.8 Å². The fourth-order valence-electron chi connectivity index (χ4n) is 3.17. The number of carboxylic acids is 1. The molecular weight excluding hydrogens is 474 g/mol. The Morgan fingerprint density at radius 2 is 1.80 bits per heavy atom. The van der Waals surface area contributed by atoms with E-state index in [0.29, 0.717) is 39.3 Å². The molecule has 0 spiro atoms. The van der Waals surface area contributed by atoms with Crippen molar-refractivity contribution in [3.63, 3.8) is 0 Å². The molecule has 2 aromatic carbocycles. The molecule has 0 saturated carbocycles. The van der Waals surface area contributed by atoms with E-state index in [0.717, 1.165) is 11.8 Å². The van der Waals surface area contributed by atoms with E-state index in [-0.39, 0.29) is 12.4 Å². The van der Waals surface area contributed by atoms with Gasteiger partial charge in [-0.1, -0.05) is 17.8 Å². The topological polar surface area (TPSA) is 121 Å². The van der Waals surface area contributed by atoms with E-state index in [2.05, 4.69) is 4.99 Å². The summed E-state index contributed by atoms with van der Waals surface area (Å²) in [5.41, 5.74) is 1.18. The van der Waals surface area contributed by atoms with Gasteiger partial charge in [0.05, 0.1) is 30.9 Å². The lowest BCUT2D eigenvalue weighted by molar-refractivity contribution is -0.147. The standard InChI is InChI=1S/C25H25NO8S/c1-4-32-19-12-15(6-11-18(19)34-14-21(27)28)13-20-23(29)22(25(30)33-5-2)24(35-20)26-16-7-9-17(31-3)10-8-16/h6-13,22H,4-5,14H2,1-3H3,(H,27,28)/b20-13-,26-24?. The number of aliphatic carboxylic acids is 1. The molecule has 1 aliphatic rings. The fourth-order valence-corrected chi connectivity index (χ4v) is 4.29. The van der Waals surface area contributed by atoms with Gasteiger partial charge in [-0.05, 0) is 61.9 Å². The van der Waals surface area contributed by atoms with Crippen LogP contribution in [0.25, 0.3) is 6.08 Å². The van der Waals surface area contributed by atoms with Crippen LogP contribution in [-0.2, 0) is 19.1 Å². The van der Waals surface area contributed by atoms with Crippen molar-refractivity contribution in [1.29, 1.82) is 0 Å². The third-order valence-corrected chi connectivity index (χ3v) is 5.79. The molecule has 1 N–H and O–H groups in total. The second kappa shape index (κ2) is 12.1. The highest BCUT2D eigenvalue weighted by Gasteiger charge is 2.42. The average molecular weight is 500 g/mol. The Morgan fingerprint density at radius 1 is 1.06 bits per heavy atom. The average Bonchev–Trinajstić information content (AvgIpc) is 3.13. The summed E-state index contributed by atoms with van der Waals surface area (Å²) >= 11 is 1.10. The molecule has 0 radical (unpaired) electrons. The summed E-state index contributed by atoms with van der Waals surface area (Å²) in [4.78, 5) is 41.4. The minimum absolute atomic E-state index is 0.137. The second-order valence-corrected chi connectivity index (χ2v) is 8.19. The van der Waals surface area contributed by atoms with Gasteiger partial charge >= 0.3 is 11.9 Å². The molecule has 0 bridgehead atoms. The molecule has 1 saturated heterocycles. The second-order valence-electron chi connectivity index (χ2n) is 7.13. The Kier molecular flexibility index (Phi) is 8.91. The molecular formula is C25H25NO8S. The quantitative estimate of drug-likeness (QED) is 0.292. The van der Waals surface area contributed by atoms with Crippen molar-refractivity contribution < 1.29 is 38.4 Å². The molecule has 1 aliphatic heterocycles. The number of aliphatic imine (C=N–C) groups is 1. The van der Waals surface area contributed by atoms with E-state index in [9.17, 15) is 14.4 Å². The first kappa shape index (κ1) is 25.8. The molecule has 1 unspecified atom stereocenters. The summed E-state index contributed by atoms with van der Waals surface area (Å²) in [6.45, 7) is 3.42. The lowest BCUT2D eigenvalue weighted by atomic mass is 10.0. The molecule has 35 heavy (non-hydrogen) atoms. The van der Waals surface area contributed by atoms with E-state index >= 15 is 0 Å². The number of benzene rings is 2. The van der Waals surface area contributed by atoms with Crippen LogP contribution in [0.2, 0.25) is 0 Å². The summed E-state index contributed by atoms with van der Waals surface area (Å²) < 4.78 is 21.1. The van der Waals surface area contributed by atoms with Gasteiger partial charge in [0.1, 0.15) is 10.8 Å². The predicted molar refractivity (Wildman–Crippen MR) is 132 cm³/mol. The Balaban J connectivity index is 1.94. The lowest BCUT2D eigenvalue weighted by Crippen LogP contribution is -2.27. The monoisotopic (exact) mass is 499 g/mol. The largest absolute Gasteiger partial charge is 0.497 e. The van der Waals surface area contributed by atoms with Crippen molar-refractivity contribution in [2.45, 2.75) is 13.8 Å². The third kappa shape index (κ3) is 6.63. The van der Waals surface area contributed by atoms with Gasteiger partial charge in [-0.25, -0.2) is 9.79 Å². The summed E-state index contributed by atoms with van der Waals surface area (Å²) in [5.74, 6) is -2.07. The Bertz CT molecular complexity index is 1160. The fraction of sp³-hybridized carbons (Fsp3) is 0.280. The van der Waals surface area contributed by atoms with E-state index in [1.165, 1.54) is 0 Å². The van der Waals surface area contributed by atoms with Crippen molar-refractivity contribution in [3.8, 4) is 17.2 Å². The summed E-state index contributed by atoms with van der Waals surface area (Å²) in [6.07, 6.45) is 1.62. The van der Waals surface area contributed by atoms with Crippen LogP contribution in [-0.4, -0.2) is 54.8 Å². The first-order chi connectivity index (χ1) is 16.9. The van der Waals surface area contributed by atoms with Gasteiger partial charge < -0.3 is 24.1 Å². The number of allylic oxidation sites excluding steroid dienone is 1. The molecule has 0 aromatic heterocycles. The van der Waals surface area contributed by atoms with Crippen molar-refractivity contribution in [1.82, 2.24) is 0 Å². The number of methoxy groups -OCH3 is 1. The number of rotatable bonds is 10. The molecule has 3 rings (SSSR count). The van der Waals surface area contributed by atoms with Gasteiger partial charge in [-0.2, -0.15) is 0 Å². The van der Waals surface area contributed by atoms with Gasteiger partial charge in [0.15, 0.2) is 29.8 Å². The molecule has 184 valence electrons. The van der Waals surface area contributed by atoms with E-state index < -0.39 is 30.2 Å². The maximum atomic E-state index is 13.2. The summed E-state index contributed by atoms with van der Waals surface area (Å²) in [5, 5.41) is 9.18. The number of ether oxygens (including phenoxy) is 4. The van der Waals surface area contributed by atoms with Crippen LogP contribution < -0.4 is 14.2 Å². The van der Waals surface area contributed by atoms with Crippen molar-refractivity contribution in [2.75, 3.05) is 26.9 Å². The van der Waals surface area contributed by atoms with E-state index in [1.807, 2.05) is 0 Å². The lowest BCUT2D eigenvalue weighted by Gasteiger charge is -2.11. The third-order valence-electron chi connectivity index (χ3n) is 4.72. The van der Waals surface area contributed by atoms with Crippen LogP contribution in [0.3, 0.4) is 0 Å². The van der Waals surface area contributed by atoms with Crippen molar-refractivity contribution in [3.05, 3.63) is 52.9 Å². The highest BCUT2D eigenvalue weighted by molar-refractivity contribution is 8.19. The molecule has 1 fully saturated rings. The number of Topliss-reactive ketones (excluding diaryl/α,β-unsaturated/α-hetero) is 1. The Morgan fingerprint density at radius 3 is 2.43 bits per heavy atom. The van der Waals surface area contributed by atoms with E-state index in [1.54, 1.807) is 69.5 Å². The SMILES string of the molecule is CCOC(=O)C1C(=O)/C(=C/c2ccc(OCC(=O)O)c(OCC)c2)SC1=Nc1ccc(OC)cc1. The molecule has 1 atom stereocenters. The maximum absolute atomic E-state index is 13.2. The van der Waals surface area contributed by atoms with Crippen LogP contribution in [0.1, 0.15) is 19.4 Å². The normalized spacial score (nSPS) is 17.5. The molecule has 2 aromatic rings. The molecule has 0 aliphatic carbocycles. The number of hydrogen-bond acceptors (Lipinski definition) is 9. The summed E-state index contributed by atoms with van der Waals surface area (Å²) in [7, 11) is 1.56. The number of ketones is 1. The first-order valence-corrected chi connectivity index (χ1v) is 11.6. The zero-order chi connectivity index (χ0) is 25.4. The van der Waals surface area contributed by atoms with Crippen LogP contribution in [0.15, 0.2) is 52.4 Å². The number of hydrogen-bond donors (Lipinski definition) is 1. The van der Waals surface area contributed by atoms with Gasteiger partial charge in [0.2, 0.25) is 0 Å². The predicted octanol–water partition coefficient (Wildman–Crippen LogP) is 4.12. The number of carbonyl (C=O) groups is 3. The van der Waals surface area contributed by atoms with Crippen LogP contribution in [0, 0.1) is 5.92 Å². The summed E-state index contributed by atoms with van der Waals surface area (Å²) in [6, 6.07) is 11.8. The number of carbonyl (C=O) groups excluding carboxylic acids is 2. The first-order valence-electron chi connectivity index (χ1n) is 10.8. The maximum Gasteiger partial charge on any atom is 0.341 e. The van der Waals surface area contributed by atoms with Crippen LogP contribution in [0.5, 0.6) is 17.2 Å². The number of carboxylic acid groups (broad SMARTS) is 1. The van der Waals surface area contributed by atoms with E-state index in [4.69, 9.17) is 24.1 Å². The Hall–Kier alpha value is -3.79. The van der Waals surface area contributed by atoms with Crippen molar-refractivity contribution >= 4 is 46.3 Å². The minimum atomic E-state index is -1.15. The zero-order valence-corrected chi connectivity index (χ0v) is 20.3. The molecule has 10 heteroatoms. The highest BCUT2D eigenvalue weighted by Crippen LogP contribution is 2.39. The number of thioether (sulfide) groups is 1. The zero-order valence-electron chi connectivity index (χ0n) is 19.5. The smallest absolute Gasteiger partial charge is 0.341 e. The molecule has 0 amide bonds. The van der Waals surface area contributed by atoms with Crippen LogP contribution in [0.4, 0.5) is 5.69 Å². The van der Waals surface area contributed by atoms with Gasteiger partial charge in [-0.15, -0.1) is 0 Å². The Labute approximate surface area is 206 Å². The molecule has 9 nitrogen and oxygen atoms in total. The van der Waals surface area contributed by atoms with Gasteiger partial charge in [0.25, 0.3) is 0 Å². The number of nitrogens with zero attached hydrogens (tertiary/aromatic N) is 1. The highest BCUT2D eigenvalue weighted by atomic mass is 32.2. The number of esters is 1. The van der Waals surface area contributed by atoms with Gasteiger partial charge in [0, 0.05) is 0 Å². The van der Waals surface area contributed by atoms with Gasteiger partial charge in [-0.3, -0.25) is 9.59 Å². The minimum Gasteiger partial charge on any atom is -0.497 e. The van der Waals surface area contributed by atoms with Crippen molar-refractivity contribution in [2.24, 2.45) is 10.9 Å².